The SMILES string of the molecule is CN(C(=O)CN(CCO)CC(F)(F)F)C1CC1. The summed E-state index contributed by atoms with van der Waals surface area (Å²) < 4.78 is 36.6. The summed E-state index contributed by atoms with van der Waals surface area (Å²) in [6, 6.07) is 0.185. The van der Waals surface area contributed by atoms with Gasteiger partial charge in [0.15, 0.2) is 0 Å². The molecule has 1 saturated carbocycles. The van der Waals surface area contributed by atoms with E-state index in [1.165, 1.54) is 4.90 Å². The molecule has 0 radical (unpaired) electrons. The Labute approximate surface area is 98.0 Å². The number of nitrogens with zero attached hydrogens (tertiary/aromatic N) is 2. The van der Waals surface area contributed by atoms with E-state index >= 15 is 0 Å². The first-order valence-electron chi connectivity index (χ1n) is 5.49. The predicted molar refractivity (Wildman–Crippen MR) is 55.4 cm³/mol. The number of rotatable bonds is 6. The highest BCUT2D eigenvalue weighted by Gasteiger charge is 2.34. The van der Waals surface area contributed by atoms with Gasteiger partial charge in [0.1, 0.15) is 0 Å². The fourth-order valence-electron chi connectivity index (χ4n) is 1.58. The predicted octanol–water partition coefficient (Wildman–Crippen LogP) is 0.464. The number of alkyl halides is 3. The fourth-order valence-corrected chi connectivity index (χ4v) is 1.58. The Morgan fingerprint density at radius 3 is 2.41 bits per heavy atom. The van der Waals surface area contributed by atoms with Crippen molar-refractivity contribution >= 4 is 5.91 Å². The molecule has 1 aliphatic rings. The van der Waals surface area contributed by atoms with E-state index in [4.69, 9.17) is 5.11 Å². The van der Waals surface area contributed by atoms with Gasteiger partial charge in [-0.2, -0.15) is 13.2 Å². The van der Waals surface area contributed by atoms with Gasteiger partial charge in [-0.3, -0.25) is 9.69 Å². The molecule has 1 rings (SSSR count). The molecule has 7 heteroatoms. The van der Waals surface area contributed by atoms with Crippen molar-refractivity contribution in [3.8, 4) is 0 Å². The van der Waals surface area contributed by atoms with Crippen molar-refractivity contribution in [2.24, 2.45) is 0 Å². The van der Waals surface area contributed by atoms with Gasteiger partial charge < -0.3 is 10.0 Å². The summed E-state index contributed by atoms with van der Waals surface area (Å²) in [5.41, 5.74) is 0. The molecule has 1 fully saturated rings. The molecule has 0 spiro atoms. The lowest BCUT2D eigenvalue weighted by atomic mass is 10.4. The molecule has 1 N–H and O–H groups in total. The van der Waals surface area contributed by atoms with Crippen molar-refractivity contribution in [3.05, 3.63) is 0 Å². The molecular weight excluding hydrogens is 237 g/mol. The van der Waals surface area contributed by atoms with Crippen LogP contribution in [0.5, 0.6) is 0 Å². The van der Waals surface area contributed by atoms with Crippen molar-refractivity contribution in [1.29, 1.82) is 0 Å². The van der Waals surface area contributed by atoms with Gasteiger partial charge in [0.2, 0.25) is 5.91 Å². The summed E-state index contributed by atoms with van der Waals surface area (Å²) in [5, 5.41) is 8.67. The maximum absolute atomic E-state index is 12.2. The first-order valence-corrected chi connectivity index (χ1v) is 5.49. The molecule has 1 aliphatic carbocycles. The number of aliphatic hydroxyl groups is 1. The van der Waals surface area contributed by atoms with E-state index in [9.17, 15) is 18.0 Å². The third kappa shape index (κ3) is 5.36. The maximum atomic E-state index is 12.2. The van der Waals surface area contributed by atoms with Crippen LogP contribution < -0.4 is 0 Å². The van der Waals surface area contributed by atoms with Crippen LogP contribution in [0, 0.1) is 0 Å². The van der Waals surface area contributed by atoms with E-state index in [0.717, 1.165) is 17.7 Å². The third-order valence-electron chi connectivity index (χ3n) is 2.67. The van der Waals surface area contributed by atoms with Crippen LogP contribution in [0.1, 0.15) is 12.8 Å². The minimum Gasteiger partial charge on any atom is -0.395 e. The summed E-state index contributed by atoms with van der Waals surface area (Å²) in [6.45, 7) is -2.01. The molecule has 0 aromatic rings. The lowest BCUT2D eigenvalue weighted by molar-refractivity contribution is -0.152. The minimum atomic E-state index is -4.35. The minimum absolute atomic E-state index is 0.149. The number of aliphatic hydroxyl groups excluding tert-OH is 1. The van der Waals surface area contributed by atoms with Crippen LogP contribution in [0.4, 0.5) is 13.2 Å². The Morgan fingerprint density at radius 2 is 2.00 bits per heavy atom. The second kappa shape index (κ2) is 5.68. The zero-order valence-corrected chi connectivity index (χ0v) is 9.70. The molecule has 0 unspecified atom stereocenters. The second-order valence-corrected chi connectivity index (χ2v) is 4.29. The van der Waals surface area contributed by atoms with Crippen LogP contribution in [0.2, 0.25) is 0 Å². The molecule has 0 aromatic heterocycles. The van der Waals surface area contributed by atoms with Crippen molar-refractivity contribution in [1.82, 2.24) is 9.80 Å². The van der Waals surface area contributed by atoms with E-state index in [-0.39, 0.29) is 25.0 Å². The van der Waals surface area contributed by atoms with E-state index in [2.05, 4.69) is 0 Å². The summed E-state index contributed by atoms with van der Waals surface area (Å²) in [4.78, 5) is 14.0. The zero-order chi connectivity index (χ0) is 13.1. The van der Waals surface area contributed by atoms with Gasteiger partial charge in [-0.15, -0.1) is 0 Å². The van der Waals surface area contributed by atoms with Gasteiger partial charge in [-0.25, -0.2) is 0 Å². The molecular formula is C10H17F3N2O2. The Balaban J connectivity index is 2.44. The average Bonchev–Trinajstić information content (AvgIpc) is 2.97. The van der Waals surface area contributed by atoms with Crippen molar-refractivity contribution < 1.29 is 23.1 Å². The lowest BCUT2D eigenvalue weighted by Gasteiger charge is -2.25. The first-order chi connectivity index (χ1) is 7.83. The first kappa shape index (κ1) is 14.2. The Kier molecular flexibility index (Phi) is 4.76. The van der Waals surface area contributed by atoms with Crippen LogP contribution in [0.25, 0.3) is 0 Å². The van der Waals surface area contributed by atoms with Crippen LogP contribution in [-0.2, 0) is 4.79 Å². The van der Waals surface area contributed by atoms with Gasteiger partial charge in [0.25, 0.3) is 0 Å². The van der Waals surface area contributed by atoms with Gasteiger partial charge in [-0.05, 0) is 12.8 Å². The molecule has 0 aliphatic heterocycles. The van der Waals surface area contributed by atoms with Crippen molar-refractivity contribution in [2.75, 3.05) is 33.3 Å². The quantitative estimate of drug-likeness (QED) is 0.749. The highest BCUT2D eigenvalue weighted by molar-refractivity contribution is 5.78. The molecule has 100 valence electrons. The molecule has 0 bridgehead atoms. The number of carbonyl (C=O) groups is 1. The third-order valence-corrected chi connectivity index (χ3v) is 2.67. The second-order valence-electron chi connectivity index (χ2n) is 4.29. The molecule has 0 heterocycles. The van der Waals surface area contributed by atoms with E-state index < -0.39 is 19.3 Å². The molecule has 0 saturated heterocycles. The Morgan fingerprint density at radius 1 is 1.41 bits per heavy atom. The van der Waals surface area contributed by atoms with Crippen LogP contribution in [0.3, 0.4) is 0 Å². The molecule has 0 aromatic carbocycles. The van der Waals surface area contributed by atoms with Gasteiger partial charge >= 0.3 is 6.18 Å². The van der Waals surface area contributed by atoms with E-state index in [1.54, 1.807) is 7.05 Å². The number of halogens is 3. The Hall–Kier alpha value is -0.820. The largest absolute Gasteiger partial charge is 0.401 e. The average molecular weight is 254 g/mol. The zero-order valence-electron chi connectivity index (χ0n) is 9.70. The maximum Gasteiger partial charge on any atom is 0.401 e. The van der Waals surface area contributed by atoms with Gasteiger partial charge in [0.05, 0.1) is 19.7 Å². The molecule has 17 heavy (non-hydrogen) atoms. The normalized spacial score (nSPS) is 16.4. The van der Waals surface area contributed by atoms with Gasteiger partial charge in [-0.1, -0.05) is 0 Å². The standard InChI is InChI=1S/C10H17F3N2O2/c1-14(8-2-3-8)9(17)6-15(4-5-16)7-10(11,12)13/h8,16H,2-7H2,1H3. The van der Waals surface area contributed by atoms with Gasteiger partial charge in [0, 0.05) is 19.6 Å². The van der Waals surface area contributed by atoms with Crippen LogP contribution in [-0.4, -0.2) is 66.3 Å². The number of likely N-dealkylation sites (N-methyl/N-ethyl adjacent to an activating group) is 1. The summed E-state index contributed by atoms with van der Waals surface area (Å²) in [5.74, 6) is -0.329. The summed E-state index contributed by atoms with van der Waals surface area (Å²) in [6.07, 6.45) is -2.52. The summed E-state index contributed by atoms with van der Waals surface area (Å²) in [7, 11) is 1.60. The van der Waals surface area contributed by atoms with Crippen molar-refractivity contribution in [3.63, 3.8) is 0 Å². The topological polar surface area (TPSA) is 43.8 Å². The van der Waals surface area contributed by atoms with E-state index in [1.807, 2.05) is 0 Å². The number of amides is 1. The van der Waals surface area contributed by atoms with Crippen molar-refractivity contribution in [2.45, 2.75) is 25.1 Å². The van der Waals surface area contributed by atoms with Crippen LogP contribution in [0.15, 0.2) is 0 Å². The Bertz CT molecular complexity index is 267. The monoisotopic (exact) mass is 254 g/mol. The highest BCUT2D eigenvalue weighted by Crippen LogP contribution is 2.25. The lowest BCUT2D eigenvalue weighted by Crippen LogP contribution is -2.44. The fraction of sp³-hybridized carbons (Fsp3) is 0.900. The number of carbonyl (C=O) groups excluding carboxylic acids is 1. The van der Waals surface area contributed by atoms with E-state index in [0.29, 0.717) is 0 Å². The highest BCUT2D eigenvalue weighted by atomic mass is 19.4. The molecule has 0 atom stereocenters. The molecule has 4 nitrogen and oxygen atoms in total. The summed E-state index contributed by atoms with van der Waals surface area (Å²) >= 11 is 0. The van der Waals surface area contributed by atoms with Crippen LogP contribution >= 0.6 is 0 Å². The smallest absolute Gasteiger partial charge is 0.395 e. The molecule has 1 amide bonds. The number of hydrogen-bond donors (Lipinski definition) is 1. The number of hydrogen-bond acceptors (Lipinski definition) is 3.